The van der Waals surface area contributed by atoms with Crippen molar-refractivity contribution in [2.24, 2.45) is 0 Å². The quantitative estimate of drug-likeness (QED) is 0.401. The van der Waals surface area contributed by atoms with Crippen molar-refractivity contribution in [2.75, 3.05) is 5.75 Å². The second-order valence-electron chi connectivity index (χ2n) is 7.92. The van der Waals surface area contributed by atoms with Gasteiger partial charge in [0, 0.05) is 28.4 Å². The molecule has 7 heteroatoms. The molecule has 0 aromatic heterocycles. The molecule has 4 nitrogen and oxygen atoms in total. The molecule has 0 bridgehead atoms. The average Bonchev–Trinajstić information content (AvgIpc) is 2.76. The lowest BCUT2D eigenvalue weighted by Crippen LogP contribution is -2.51. The highest BCUT2D eigenvalue weighted by Gasteiger charge is 2.29. The highest BCUT2D eigenvalue weighted by atomic mass is 35.5. The van der Waals surface area contributed by atoms with Crippen molar-refractivity contribution in [2.45, 2.75) is 64.9 Å². The molecule has 0 spiro atoms. The minimum Gasteiger partial charge on any atom is -0.352 e. The Hall–Kier alpha value is -1.69. The number of nitrogens with zero attached hydrogens (tertiary/aromatic N) is 1. The smallest absolute Gasteiger partial charge is 0.243 e. The molecule has 0 unspecified atom stereocenters. The molecule has 174 valence electrons. The van der Waals surface area contributed by atoms with Gasteiger partial charge in [-0.2, -0.15) is 0 Å². The van der Waals surface area contributed by atoms with E-state index in [2.05, 4.69) is 5.32 Å². The van der Waals surface area contributed by atoms with Gasteiger partial charge < -0.3 is 10.2 Å². The SMILES string of the molecule is CC[C@@H](C)NC(=O)[C@@H](CC)N(Cc1ccccc1C)C(=O)CSCc1ccc(Cl)cc1Cl. The van der Waals surface area contributed by atoms with E-state index < -0.39 is 6.04 Å². The summed E-state index contributed by atoms with van der Waals surface area (Å²) in [6.07, 6.45) is 1.39. The van der Waals surface area contributed by atoms with Crippen molar-refractivity contribution in [3.8, 4) is 0 Å². The van der Waals surface area contributed by atoms with Crippen LogP contribution in [0, 0.1) is 6.92 Å². The number of aryl methyl sites for hydroxylation is 1. The number of rotatable bonds is 11. The van der Waals surface area contributed by atoms with E-state index in [9.17, 15) is 9.59 Å². The zero-order chi connectivity index (χ0) is 23.7. The molecule has 1 N–H and O–H groups in total. The standard InChI is InChI=1S/C25H32Cl2N2O2S/c1-5-18(4)28-25(31)23(6-2)29(14-19-10-8-7-9-17(19)3)24(30)16-32-15-20-11-12-21(26)13-22(20)27/h7-13,18,23H,5-6,14-16H2,1-4H3,(H,28,31)/t18-,23-/m1/s1. The second kappa shape index (κ2) is 13.1. The molecule has 32 heavy (non-hydrogen) atoms. The Morgan fingerprint density at radius 1 is 1.06 bits per heavy atom. The summed E-state index contributed by atoms with van der Waals surface area (Å²) < 4.78 is 0. The average molecular weight is 496 g/mol. The van der Waals surface area contributed by atoms with Crippen LogP contribution in [0.4, 0.5) is 0 Å². The fraction of sp³-hybridized carbons (Fsp3) is 0.440. The maximum Gasteiger partial charge on any atom is 0.243 e. The van der Waals surface area contributed by atoms with Crippen molar-refractivity contribution < 1.29 is 9.59 Å². The molecule has 2 amide bonds. The first kappa shape index (κ1) is 26.6. The summed E-state index contributed by atoms with van der Waals surface area (Å²) in [5, 5.41) is 4.22. The molecule has 0 saturated carbocycles. The molecule has 0 radical (unpaired) electrons. The summed E-state index contributed by atoms with van der Waals surface area (Å²) in [5.74, 6) is 0.692. The Morgan fingerprint density at radius 3 is 2.41 bits per heavy atom. The predicted molar refractivity (Wildman–Crippen MR) is 136 cm³/mol. The van der Waals surface area contributed by atoms with Gasteiger partial charge in [-0.1, -0.05) is 67.4 Å². The zero-order valence-electron chi connectivity index (χ0n) is 19.2. The molecule has 0 aliphatic heterocycles. The highest BCUT2D eigenvalue weighted by Crippen LogP contribution is 2.25. The van der Waals surface area contributed by atoms with Gasteiger partial charge in [0.1, 0.15) is 6.04 Å². The molecule has 2 aromatic carbocycles. The van der Waals surface area contributed by atoms with Crippen LogP contribution in [0.2, 0.25) is 10.0 Å². The van der Waals surface area contributed by atoms with Crippen LogP contribution in [0.1, 0.15) is 50.3 Å². The molecule has 2 atom stereocenters. The largest absolute Gasteiger partial charge is 0.352 e. The van der Waals surface area contributed by atoms with Crippen LogP contribution in [-0.4, -0.2) is 34.6 Å². The van der Waals surface area contributed by atoms with Crippen molar-refractivity contribution >= 4 is 46.8 Å². The number of carbonyl (C=O) groups is 2. The fourth-order valence-corrected chi connectivity index (χ4v) is 4.77. The molecular formula is C25H32Cl2N2O2S. The van der Waals surface area contributed by atoms with Gasteiger partial charge in [0.25, 0.3) is 0 Å². The Kier molecular flexibility index (Phi) is 10.9. The van der Waals surface area contributed by atoms with E-state index in [1.54, 1.807) is 17.0 Å². The number of nitrogens with one attached hydrogen (secondary N) is 1. The lowest BCUT2D eigenvalue weighted by atomic mass is 10.1. The lowest BCUT2D eigenvalue weighted by molar-refractivity contribution is -0.139. The fourth-order valence-electron chi connectivity index (χ4n) is 3.30. The number of halogens is 2. The van der Waals surface area contributed by atoms with Crippen LogP contribution in [0.15, 0.2) is 42.5 Å². The van der Waals surface area contributed by atoms with E-state index in [0.29, 0.717) is 28.8 Å². The summed E-state index contributed by atoms with van der Waals surface area (Å²) in [5.41, 5.74) is 3.07. The van der Waals surface area contributed by atoms with Gasteiger partial charge in [0.15, 0.2) is 0 Å². The highest BCUT2D eigenvalue weighted by molar-refractivity contribution is 7.99. The van der Waals surface area contributed by atoms with E-state index in [0.717, 1.165) is 23.1 Å². The first-order valence-corrected chi connectivity index (χ1v) is 12.8. The van der Waals surface area contributed by atoms with Gasteiger partial charge in [-0.05, 0) is 55.5 Å². The van der Waals surface area contributed by atoms with Crippen LogP contribution >= 0.6 is 35.0 Å². The van der Waals surface area contributed by atoms with Crippen molar-refractivity contribution in [1.82, 2.24) is 10.2 Å². The van der Waals surface area contributed by atoms with E-state index >= 15 is 0 Å². The van der Waals surface area contributed by atoms with Crippen molar-refractivity contribution in [3.05, 3.63) is 69.2 Å². The van der Waals surface area contributed by atoms with Gasteiger partial charge >= 0.3 is 0 Å². The number of carbonyl (C=O) groups excluding carboxylic acids is 2. The lowest BCUT2D eigenvalue weighted by Gasteiger charge is -2.32. The third kappa shape index (κ3) is 7.72. The summed E-state index contributed by atoms with van der Waals surface area (Å²) in [4.78, 5) is 28.0. The van der Waals surface area contributed by atoms with Gasteiger partial charge in [-0.15, -0.1) is 11.8 Å². The molecule has 0 aliphatic carbocycles. The number of amides is 2. The van der Waals surface area contributed by atoms with Crippen LogP contribution < -0.4 is 5.32 Å². The monoisotopic (exact) mass is 494 g/mol. The van der Waals surface area contributed by atoms with Crippen LogP contribution in [-0.2, 0) is 21.9 Å². The summed E-state index contributed by atoms with van der Waals surface area (Å²) in [6.45, 7) is 8.37. The minimum absolute atomic E-state index is 0.0607. The van der Waals surface area contributed by atoms with E-state index in [1.807, 2.05) is 58.0 Å². The van der Waals surface area contributed by atoms with Crippen molar-refractivity contribution in [1.29, 1.82) is 0 Å². The Labute approximate surface area is 206 Å². The van der Waals surface area contributed by atoms with Crippen LogP contribution in [0.3, 0.4) is 0 Å². The van der Waals surface area contributed by atoms with Crippen LogP contribution in [0.5, 0.6) is 0 Å². The maximum absolute atomic E-state index is 13.3. The molecule has 0 saturated heterocycles. The second-order valence-corrected chi connectivity index (χ2v) is 9.75. The summed E-state index contributed by atoms with van der Waals surface area (Å²) in [7, 11) is 0. The predicted octanol–water partition coefficient (Wildman–Crippen LogP) is 6.26. The summed E-state index contributed by atoms with van der Waals surface area (Å²) >= 11 is 13.7. The van der Waals surface area contributed by atoms with Crippen molar-refractivity contribution in [3.63, 3.8) is 0 Å². The first-order valence-electron chi connectivity index (χ1n) is 10.9. The zero-order valence-corrected chi connectivity index (χ0v) is 21.5. The molecule has 2 rings (SSSR count). The van der Waals surface area contributed by atoms with E-state index in [4.69, 9.17) is 23.2 Å². The Bertz CT molecular complexity index is 923. The molecule has 0 aliphatic rings. The molecule has 0 heterocycles. The number of thioether (sulfide) groups is 1. The third-order valence-corrected chi connectivity index (χ3v) is 7.04. The Balaban J connectivity index is 2.17. The molecule has 0 fully saturated rings. The Morgan fingerprint density at radius 2 is 1.78 bits per heavy atom. The van der Waals surface area contributed by atoms with Crippen LogP contribution in [0.25, 0.3) is 0 Å². The minimum atomic E-state index is -0.518. The number of hydrogen-bond acceptors (Lipinski definition) is 3. The summed E-state index contributed by atoms with van der Waals surface area (Å²) in [6, 6.07) is 12.9. The van der Waals surface area contributed by atoms with Gasteiger partial charge in [-0.3, -0.25) is 9.59 Å². The number of hydrogen-bond donors (Lipinski definition) is 1. The van der Waals surface area contributed by atoms with Gasteiger partial charge in [-0.25, -0.2) is 0 Å². The number of benzene rings is 2. The van der Waals surface area contributed by atoms with E-state index in [1.165, 1.54) is 11.8 Å². The van der Waals surface area contributed by atoms with Gasteiger partial charge in [0.2, 0.25) is 11.8 Å². The molecular weight excluding hydrogens is 463 g/mol. The van der Waals surface area contributed by atoms with E-state index in [-0.39, 0.29) is 23.6 Å². The molecule has 2 aromatic rings. The normalized spacial score (nSPS) is 12.8. The topological polar surface area (TPSA) is 49.4 Å². The van der Waals surface area contributed by atoms with Gasteiger partial charge in [0.05, 0.1) is 5.75 Å². The first-order chi connectivity index (χ1) is 15.3. The maximum atomic E-state index is 13.3. The third-order valence-electron chi connectivity index (χ3n) is 5.49.